The second-order valence-corrected chi connectivity index (χ2v) is 6.10. The standard InChI is InChI=1S/C15H22N4OS/c1-2-16-11-13-3-4-14(20-13)12-18-6-8-19(9-7-18)15-17-5-10-21-15/h3-5,10,16H,2,6-9,11-12H2,1H3. The molecule has 0 unspecified atom stereocenters. The van der Waals surface area contributed by atoms with Crippen LogP contribution < -0.4 is 10.2 Å². The summed E-state index contributed by atoms with van der Waals surface area (Å²) in [5, 5.41) is 6.46. The van der Waals surface area contributed by atoms with Crippen molar-refractivity contribution >= 4 is 16.5 Å². The molecular formula is C15H22N4OS. The number of hydrogen-bond donors (Lipinski definition) is 1. The van der Waals surface area contributed by atoms with Crippen molar-refractivity contribution in [3.63, 3.8) is 0 Å². The van der Waals surface area contributed by atoms with Gasteiger partial charge in [-0.1, -0.05) is 6.92 Å². The highest BCUT2D eigenvalue weighted by molar-refractivity contribution is 7.13. The Balaban J connectivity index is 1.47. The first-order valence-corrected chi connectivity index (χ1v) is 8.38. The van der Waals surface area contributed by atoms with Gasteiger partial charge in [-0.05, 0) is 18.7 Å². The van der Waals surface area contributed by atoms with E-state index in [0.717, 1.165) is 62.5 Å². The lowest BCUT2D eigenvalue weighted by molar-refractivity contribution is 0.228. The Bertz CT molecular complexity index is 532. The zero-order valence-electron chi connectivity index (χ0n) is 12.4. The first-order chi connectivity index (χ1) is 10.3. The van der Waals surface area contributed by atoms with Crippen molar-refractivity contribution in [3.8, 4) is 0 Å². The topological polar surface area (TPSA) is 44.5 Å². The molecule has 0 spiro atoms. The van der Waals surface area contributed by atoms with E-state index in [9.17, 15) is 0 Å². The minimum Gasteiger partial charge on any atom is -0.463 e. The van der Waals surface area contributed by atoms with Gasteiger partial charge in [0, 0.05) is 37.8 Å². The number of hydrogen-bond acceptors (Lipinski definition) is 6. The van der Waals surface area contributed by atoms with E-state index >= 15 is 0 Å². The van der Waals surface area contributed by atoms with E-state index in [4.69, 9.17) is 4.42 Å². The van der Waals surface area contributed by atoms with Gasteiger partial charge >= 0.3 is 0 Å². The number of rotatable bonds is 6. The minimum atomic E-state index is 0.814. The van der Waals surface area contributed by atoms with Crippen molar-refractivity contribution in [1.82, 2.24) is 15.2 Å². The first kappa shape index (κ1) is 14.6. The third-order valence-electron chi connectivity index (χ3n) is 3.71. The van der Waals surface area contributed by atoms with Crippen LogP contribution >= 0.6 is 11.3 Å². The summed E-state index contributed by atoms with van der Waals surface area (Å²) in [5.41, 5.74) is 0. The van der Waals surface area contributed by atoms with Crippen molar-refractivity contribution in [3.05, 3.63) is 35.2 Å². The lowest BCUT2D eigenvalue weighted by Gasteiger charge is -2.34. The van der Waals surface area contributed by atoms with Gasteiger partial charge in [0.05, 0.1) is 13.1 Å². The maximum absolute atomic E-state index is 5.86. The normalized spacial score (nSPS) is 16.5. The van der Waals surface area contributed by atoms with E-state index in [2.05, 4.69) is 39.2 Å². The number of furan rings is 1. The van der Waals surface area contributed by atoms with Gasteiger partial charge in [-0.15, -0.1) is 11.3 Å². The molecule has 0 amide bonds. The quantitative estimate of drug-likeness (QED) is 0.886. The molecule has 0 aromatic carbocycles. The Labute approximate surface area is 129 Å². The van der Waals surface area contributed by atoms with Crippen molar-refractivity contribution in [2.75, 3.05) is 37.6 Å². The molecule has 21 heavy (non-hydrogen) atoms. The summed E-state index contributed by atoms with van der Waals surface area (Å²) < 4.78 is 5.86. The zero-order valence-corrected chi connectivity index (χ0v) is 13.2. The Morgan fingerprint density at radius 3 is 2.76 bits per heavy atom. The van der Waals surface area contributed by atoms with Crippen molar-refractivity contribution in [2.45, 2.75) is 20.0 Å². The van der Waals surface area contributed by atoms with Gasteiger partial charge in [0.15, 0.2) is 5.13 Å². The van der Waals surface area contributed by atoms with Crippen LogP contribution in [0, 0.1) is 0 Å². The maximum atomic E-state index is 5.86. The van der Waals surface area contributed by atoms with Gasteiger partial charge in [-0.2, -0.15) is 0 Å². The predicted molar refractivity (Wildman–Crippen MR) is 85.7 cm³/mol. The van der Waals surface area contributed by atoms with Gasteiger partial charge in [0.25, 0.3) is 0 Å². The molecule has 6 heteroatoms. The summed E-state index contributed by atoms with van der Waals surface area (Å²) >= 11 is 1.72. The minimum absolute atomic E-state index is 0.814. The SMILES string of the molecule is CCNCc1ccc(CN2CCN(c3nccs3)CC2)o1. The fraction of sp³-hybridized carbons (Fsp3) is 0.533. The van der Waals surface area contributed by atoms with Gasteiger partial charge in [-0.25, -0.2) is 4.98 Å². The largest absolute Gasteiger partial charge is 0.463 e. The average molecular weight is 306 g/mol. The summed E-state index contributed by atoms with van der Waals surface area (Å²) in [6.07, 6.45) is 1.88. The summed E-state index contributed by atoms with van der Waals surface area (Å²) in [6.45, 7) is 8.98. The van der Waals surface area contributed by atoms with Crippen LogP contribution in [0.5, 0.6) is 0 Å². The molecule has 3 rings (SSSR count). The maximum Gasteiger partial charge on any atom is 0.185 e. The molecule has 114 valence electrons. The number of nitrogens with zero attached hydrogens (tertiary/aromatic N) is 3. The van der Waals surface area contributed by atoms with Gasteiger partial charge in [0.2, 0.25) is 0 Å². The molecule has 3 heterocycles. The molecule has 2 aromatic rings. The Kier molecular flexibility index (Phi) is 4.90. The molecule has 1 fully saturated rings. The Morgan fingerprint density at radius 2 is 2.05 bits per heavy atom. The second kappa shape index (κ2) is 7.06. The van der Waals surface area contributed by atoms with Crippen LogP contribution in [-0.2, 0) is 13.1 Å². The Hall–Kier alpha value is -1.37. The van der Waals surface area contributed by atoms with Gasteiger partial charge < -0.3 is 14.6 Å². The van der Waals surface area contributed by atoms with E-state index in [1.54, 1.807) is 11.3 Å². The molecule has 1 N–H and O–H groups in total. The van der Waals surface area contributed by atoms with E-state index in [1.165, 1.54) is 0 Å². The molecule has 1 aliphatic rings. The average Bonchev–Trinajstić information content (AvgIpc) is 3.17. The smallest absolute Gasteiger partial charge is 0.185 e. The molecule has 0 radical (unpaired) electrons. The van der Waals surface area contributed by atoms with Crippen LogP contribution in [0.15, 0.2) is 28.1 Å². The molecule has 0 atom stereocenters. The van der Waals surface area contributed by atoms with Gasteiger partial charge in [-0.3, -0.25) is 4.90 Å². The van der Waals surface area contributed by atoms with E-state index in [-0.39, 0.29) is 0 Å². The molecule has 1 saturated heterocycles. The molecular weight excluding hydrogens is 284 g/mol. The number of anilines is 1. The lowest BCUT2D eigenvalue weighted by Crippen LogP contribution is -2.45. The summed E-state index contributed by atoms with van der Waals surface area (Å²) in [7, 11) is 0. The first-order valence-electron chi connectivity index (χ1n) is 7.50. The molecule has 0 saturated carbocycles. The number of aromatic nitrogens is 1. The van der Waals surface area contributed by atoms with E-state index in [0.29, 0.717) is 0 Å². The fourth-order valence-corrected chi connectivity index (χ4v) is 3.24. The van der Waals surface area contributed by atoms with Crippen LogP contribution in [0.4, 0.5) is 5.13 Å². The summed E-state index contributed by atoms with van der Waals surface area (Å²) in [4.78, 5) is 9.19. The molecule has 0 bridgehead atoms. The van der Waals surface area contributed by atoms with E-state index in [1.807, 2.05) is 11.6 Å². The highest BCUT2D eigenvalue weighted by Crippen LogP contribution is 2.20. The monoisotopic (exact) mass is 306 g/mol. The third-order valence-corrected chi connectivity index (χ3v) is 4.54. The van der Waals surface area contributed by atoms with Gasteiger partial charge in [0.1, 0.15) is 11.5 Å². The van der Waals surface area contributed by atoms with Crippen molar-refractivity contribution in [2.24, 2.45) is 0 Å². The zero-order chi connectivity index (χ0) is 14.5. The van der Waals surface area contributed by atoms with Crippen LogP contribution in [-0.4, -0.2) is 42.6 Å². The lowest BCUT2D eigenvalue weighted by atomic mass is 10.3. The van der Waals surface area contributed by atoms with Crippen molar-refractivity contribution in [1.29, 1.82) is 0 Å². The van der Waals surface area contributed by atoms with Crippen LogP contribution in [0.2, 0.25) is 0 Å². The molecule has 1 aliphatic heterocycles. The summed E-state index contributed by atoms with van der Waals surface area (Å²) in [5.74, 6) is 2.08. The number of nitrogens with one attached hydrogen (secondary N) is 1. The number of piperazine rings is 1. The van der Waals surface area contributed by atoms with Crippen molar-refractivity contribution < 1.29 is 4.42 Å². The number of thiazole rings is 1. The highest BCUT2D eigenvalue weighted by Gasteiger charge is 2.19. The predicted octanol–water partition coefficient (Wildman–Crippen LogP) is 2.17. The fourth-order valence-electron chi connectivity index (χ4n) is 2.54. The molecule has 2 aromatic heterocycles. The second-order valence-electron chi connectivity index (χ2n) is 5.23. The summed E-state index contributed by atoms with van der Waals surface area (Å²) in [6, 6.07) is 4.17. The van der Waals surface area contributed by atoms with Crippen LogP contribution in [0.3, 0.4) is 0 Å². The molecule has 0 aliphatic carbocycles. The Morgan fingerprint density at radius 1 is 1.24 bits per heavy atom. The third kappa shape index (κ3) is 3.84. The van der Waals surface area contributed by atoms with E-state index < -0.39 is 0 Å². The molecule has 5 nitrogen and oxygen atoms in total. The van der Waals surface area contributed by atoms with Crippen LogP contribution in [0.25, 0.3) is 0 Å². The van der Waals surface area contributed by atoms with Crippen LogP contribution in [0.1, 0.15) is 18.4 Å². The highest BCUT2D eigenvalue weighted by atomic mass is 32.1.